The Bertz CT molecular complexity index is 1300. The van der Waals surface area contributed by atoms with Crippen molar-refractivity contribution in [3.63, 3.8) is 0 Å². The number of halogens is 2. The van der Waals surface area contributed by atoms with Crippen molar-refractivity contribution in [3.05, 3.63) is 53.7 Å². The molecule has 6 rings (SSSR count). The highest BCUT2D eigenvalue weighted by molar-refractivity contribution is 5.76. The van der Waals surface area contributed by atoms with Crippen LogP contribution < -0.4 is 5.73 Å². The molecule has 9 nitrogen and oxygen atoms in total. The van der Waals surface area contributed by atoms with E-state index in [1.807, 2.05) is 0 Å². The predicted molar refractivity (Wildman–Crippen MR) is 121 cm³/mol. The minimum absolute atomic E-state index is 0.0412. The van der Waals surface area contributed by atoms with E-state index >= 15 is 0 Å². The summed E-state index contributed by atoms with van der Waals surface area (Å²) in [5.41, 5.74) is 7.81. The Labute approximate surface area is 194 Å². The van der Waals surface area contributed by atoms with Gasteiger partial charge in [-0.15, -0.1) is 5.10 Å². The molecule has 2 fully saturated rings. The van der Waals surface area contributed by atoms with Crippen molar-refractivity contribution in [1.82, 2.24) is 30.1 Å². The number of anilines is 1. The number of tetrazole rings is 1. The second kappa shape index (κ2) is 8.01. The normalized spacial score (nSPS) is 26.3. The molecular formula is C23H23F2N9. The van der Waals surface area contributed by atoms with Crippen LogP contribution in [0.2, 0.25) is 0 Å². The average molecular weight is 463 g/mol. The van der Waals surface area contributed by atoms with Crippen LogP contribution in [0.3, 0.4) is 0 Å². The van der Waals surface area contributed by atoms with E-state index in [9.17, 15) is 8.78 Å². The van der Waals surface area contributed by atoms with Crippen LogP contribution in [0.5, 0.6) is 0 Å². The van der Waals surface area contributed by atoms with Crippen molar-refractivity contribution in [3.8, 4) is 17.1 Å². The molecule has 0 spiro atoms. The summed E-state index contributed by atoms with van der Waals surface area (Å²) >= 11 is 0. The van der Waals surface area contributed by atoms with Gasteiger partial charge in [0.1, 0.15) is 11.5 Å². The van der Waals surface area contributed by atoms with Crippen LogP contribution >= 0.6 is 0 Å². The fraction of sp³-hybridized carbons (Fsp3) is 0.391. The third kappa shape index (κ3) is 3.38. The standard InChI is InChI=1S/C23H23F2N9/c1-33-14-5-6-15(33)8-12(7-14)18-10-19(29-28-18)13-9-16(22(26)27-11-13)23-30-31-32-34(23)20-4-2-3-17(24)21(20)25/h2-4,9-12,14-15,18H,5-8H2,1H3,(H2,26,27). The maximum atomic E-state index is 14.4. The maximum Gasteiger partial charge on any atom is 0.190 e. The van der Waals surface area contributed by atoms with E-state index in [2.05, 4.69) is 48.8 Å². The number of nitrogens with zero attached hydrogens (tertiary/aromatic N) is 8. The van der Waals surface area contributed by atoms with Gasteiger partial charge >= 0.3 is 0 Å². The number of nitrogens with two attached hydrogens (primary N) is 1. The van der Waals surface area contributed by atoms with Gasteiger partial charge in [-0.2, -0.15) is 14.9 Å². The smallest absolute Gasteiger partial charge is 0.190 e. The van der Waals surface area contributed by atoms with Gasteiger partial charge in [0, 0.05) is 23.8 Å². The number of piperidine rings is 1. The molecule has 2 N–H and O–H groups in total. The molecule has 2 saturated heterocycles. The zero-order chi connectivity index (χ0) is 23.4. The summed E-state index contributed by atoms with van der Waals surface area (Å²) in [6.07, 6.45) is 8.47. The predicted octanol–water partition coefficient (Wildman–Crippen LogP) is 3.63. The lowest BCUT2D eigenvalue weighted by atomic mass is 9.85. The largest absolute Gasteiger partial charge is 0.383 e. The van der Waals surface area contributed by atoms with E-state index in [0.717, 1.165) is 23.6 Å². The molecule has 174 valence electrons. The summed E-state index contributed by atoms with van der Waals surface area (Å²) in [4.78, 5) is 6.80. The van der Waals surface area contributed by atoms with Crippen molar-refractivity contribution in [2.24, 2.45) is 16.1 Å². The summed E-state index contributed by atoms with van der Waals surface area (Å²) in [6.45, 7) is 0. The molecule has 2 bridgehead atoms. The third-order valence-electron chi connectivity index (χ3n) is 7.33. The van der Waals surface area contributed by atoms with Crippen LogP contribution in [0.1, 0.15) is 31.2 Å². The van der Waals surface area contributed by atoms with Crippen LogP contribution in [0.15, 0.2) is 46.8 Å². The number of pyridine rings is 1. The SMILES string of the molecule is CN1C2CCC1CC(C1C=C(c3cnc(N)c(-c4nnnn4-c4cccc(F)c4F)c3)N=N1)C2. The quantitative estimate of drug-likeness (QED) is 0.633. The summed E-state index contributed by atoms with van der Waals surface area (Å²) in [5, 5.41) is 20.5. The maximum absolute atomic E-state index is 14.4. The van der Waals surface area contributed by atoms with Gasteiger partial charge in [0.15, 0.2) is 17.5 Å². The number of benzene rings is 1. The van der Waals surface area contributed by atoms with Gasteiger partial charge in [-0.1, -0.05) is 6.07 Å². The van der Waals surface area contributed by atoms with Gasteiger partial charge in [-0.25, -0.2) is 13.8 Å². The molecule has 1 aromatic carbocycles. The topological polar surface area (TPSA) is 110 Å². The van der Waals surface area contributed by atoms with E-state index in [4.69, 9.17) is 5.73 Å². The van der Waals surface area contributed by atoms with E-state index in [1.165, 1.54) is 25.0 Å². The van der Waals surface area contributed by atoms with Crippen LogP contribution in [0.4, 0.5) is 14.6 Å². The molecular weight excluding hydrogens is 440 g/mol. The first-order valence-corrected chi connectivity index (χ1v) is 11.3. The van der Waals surface area contributed by atoms with Crippen molar-refractivity contribution in [2.75, 3.05) is 12.8 Å². The highest BCUT2D eigenvalue weighted by Crippen LogP contribution is 2.42. The molecule has 0 aliphatic carbocycles. The highest BCUT2D eigenvalue weighted by Gasteiger charge is 2.41. The van der Waals surface area contributed by atoms with Gasteiger partial charge < -0.3 is 10.6 Å². The summed E-state index contributed by atoms with van der Waals surface area (Å²) < 4.78 is 29.3. The van der Waals surface area contributed by atoms with E-state index in [1.54, 1.807) is 12.3 Å². The van der Waals surface area contributed by atoms with Gasteiger partial charge in [0.25, 0.3) is 0 Å². The Morgan fingerprint density at radius 3 is 2.71 bits per heavy atom. The van der Waals surface area contributed by atoms with Crippen LogP contribution in [-0.2, 0) is 0 Å². The molecule has 11 heteroatoms. The number of aromatic nitrogens is 5. The molecule has 5 heterocycles. The molecule has 0 radical (unpaired) electrons. The number of fused-ring (bicyclic) bond motifs is 2. The number of rotatable bonds is 4. The molecule has 3 aliphatic heterocycles. The first-order chi connectivity index (χ1) is 16.5. The first kappa shape index (κ1) is 21.0. The number of nitrogen functional groups attached to an aromatic ring is 1. The van der Waals surface area contributed by atoms with Crippen molar-refractivity contribution in [1.29, 1.82) is 0 Å². The summed E-state index contributed by atoms with van der Waals surface area (Å²) in [5.74, 6) is -1.27. The lowest BCUT2D eigenvalue weighted by molar-refractivity contribution is 0.128. The molecule has 0 saturated carbocycles. The Balaban J connectivity index is 1.31. The lowest BCUT2D eigenvalue weighted by Gasteiger charge is -2.37. The molecule has 0 amide bonds. The van der Waals surface area contributed by atoms with Crippen molar-refractivity contribution < 1.29 is 8.78 Å². The Morgan fingerprint density at radius 1 is 1.12 bits per heavy atom. The fourth-order valence-corrected chi connectivity index (χ4v) is 5.44. The monoisotopic (exact) mass is 463 g/mol. The highest BCUT2D eigenvalue weighted by atomic mass is 19.2. The van der Waals surface area contributed by atoms with Crippen molar-refractivity contribution in [2.45, 2.75) is 43.8 Å². The zero-order valence-corrected chi connectivity index (χ0v) is 18.5. The fourth-order valence-electron chi connectivity index (χ4n) is 5.44. The minimum atomic E-state index is -1.05. The first-order valence-electron chi connectivity index (χ1n) is 11.3. The van der Waals surface area contributed by atoms with Gasteiger partial charge in [-0.3, -0.25) is 0 Å². The molecule has 3 aliphatic rings. The van der Waals surface area contributed by atoms with Crippen molar-refractivity contribution >= 4 is 11.5 Å². The molecule has 2 aromatic heterocycles. The van der Waals surface area contributed by atoms with Gasteiger partial charge in [-0.05, 0) is 73.4 Å². The Kier molecular flexibility index (Phi) is 4.94. The molecule has 3 unspecified atom stereocenters. The number of azo groups is 1. The van der Waals surface area contributed by atoms with E-state index in [-0.39, 0.29) is 23.4 Å². The number of hydrogen-bond donors (Lipinski definition) is 1. The second-order valence-corrected chi connectivity index (χ2v) is 9.18. The van der Waals surface area contributed by atoms with Crippen LogP contribution in [0, 0.1) is 17.6 Å². The van der Waals surface area contributed by atoms with Gasteiger partial charge in [0.2, 0.25) is 0 Å². The van der Waals surface area contributed by atoms with Crippen LogP contribution in [0.25, 0.3) is 22.8 Å². The van der Waals surface area contributed by atoms with Crippen LogP contribution in [-0.4, -0.2) is 55.3 Å². The van der Waals surface area contributed by atoms with E-state index < -0.39 is 11.6 Å². The van der Waals surface area contributed by atoms with Gasteiger partial charge in [0.05, 0.1) is 17.3 Å². The number of hydrogen-bond acceptors (Lipinski definition) is 8. The third-order valence-corrected chi connectivity index (χ3v) is 7.33. The second-order valence-electron chi connectivity index (χ2n) is 9.18. The molecule has 3 atom stereocenters. The zero-order valence-electron chi connectivity index (χ0n) is 18.5. The summed E-state index contributed by atoms with van der Waals surface area (Å²) in [6, 6.07) is 6.86. The lowest BCUT2D eigenvalue weighted by Crippen LogP contribution is -2.42. The Morgan fingerprint density at radius 2 is 1.91 bits per heavy atom. The molecule has 34 heavy (non-hydrogen) atoms. The molecule has 3 aromatic rings. The Hall–Kier alpha value is -3.60. The minimum Gasteiger partial charge on any atom is -0.383 e. The summed E-state index contributed by atoms with van der Waals surface area (Å²) in [7, 11) is 2.22. The van der Waals surface area contributed by atoms with E-state index in [0.29, 0.717) is 34.8 Å². The average Bonchev–Trinajstić information content (AvgIpc) is 3.55.